The minimum atomic E-state index is -1.08. The van der Waals surface area contributed by atoms with Crippen LogP contribution in [0.25, 0.3) is 11.2 Å². The highest BCUT2D eigenvalue weighted by molar-refractivity contribution is 5.78. The van der Waals surface area contributed by atoms with E-state index in [0.29, 0.717) is 68.1 Å². The SMILES string of the molecule is NC(=O)C1CCC(n2c(Nc3c(F)cc(F)cc3F)nc3cnc(NC4CCOC4)nc32)CC1. The summed E-state index contributed by atoms with van der Waals surface area (Å²) in [6.07, 6.45) is 4.72. The summed E-state index contributed by atoms with van der Waals surface area (Å²) in [6.45, 7) is 1.21. The molecule has 1 aliphatic heterocycles. The molecule has 3 heterocycles. The summed E-state index contributed by atoms with van der Waals surface area (Å²) in [6, 6.07) is 1.14. The van der Waals surface area contributed by atoms with Crippen LogP contribution in [0.15, 0.2) is 18.3 Å². The van der Waals surface area contributed by atoms with Crippen LogP contribution in [0.4, 0.5) is 30.8 Å². The van der Waals surface area contributed by atoms with Crippen LogP contribution in [0.2, 0.25) is 0 Å². The Morgan fingerprint density at radius 2 is 1.82 bits per heavy atom. The molecule has 1 saturated heterocycles. The molecule has 180 valence electrons. The maximum atomic E-state index is 14.4. The third-order valence-corrected chi connectivity index (χ3v) is 6.40. The normalized spacial score (nSPS) is 22.7. The Hall–Kier alpha value is -3.41. The van der Waals surface area contributed by atoms with Gasteiger partial charge < -0.3 is 21.1 Å². The standard InChI is InChI=1S/C22H24F3N7O2/c23-12-7-15(24)18(16(25)8-12)30-22-29-17-9-27-21(28-13-5-6-34-10-13)31-20(17)32(22)14-3-1-11(2-4-14)19(26)33/h7-9,11,13-14H,1-6,10H2,(H2,26,33)(H,29,30)(H,27,28,31). The summed E-state index contributed by atoms with van der Waals surface area (Å²) in [5.74, 6) is -3.19. The maximum Gasteiger partial charge on any atom is 0.225 e. The number of primary amides is 1. The van der Waals surface area contributed by atoms with Gasteiger partial charge in [0.05, 0.1) is 18.8 Å². The number of aromatic nitrogens is 4. The second-order valence-corrected chi connectivity index (χ2v) is 8.69. The molecule has 1 atom stereocenters. The van der Waals surface area contributed by atoms with Crippen LogP contribution in [0.5, 0.6) is 0 Å². The second-order valence-electron chi connectivity index (χ2n) is 8.69. The Bertz CT molecular complexity index is 1200. The lowest BCUT2D eigenvalue weighted by atomic mass is 9.85. The number of fused-ring (bicyclic) bond motifs is 1. The van der Waals surface area contributed by atoms with Crippen molar-refractivity contribution >= 4 is 34.7 Å². The lowest BCUT2D eigenvalue weighted by Crippen LogP contribution is -2.29. The molecule has 1 aliphatic carbocycles. The molecular formula is C22H24F3N7O2. The number of nitrogens with two attached hydrogens (primary N) is 1. The van der Waals surface area contributed by atoms with Crippen molar-refractivity contribution in [2.75, 3.05) is 23.8 Å². The Labute approximate surface area is 192 Å². The number of hydrogen-bond donors (Lipinski definition) is 3. The average molecular weight is 475 g/mol. The average Bonchev–Trinajstić information content (AvgIpc) is 3.43. The first-order chi connectivity index (χ1) is 16.4. The van der Waals surface area contributed by atoms with E-state index in [4.69, 9.17) is 10.5 Å². The number of nitrogens with one attached hydrogen (secondary N) is 2. The Balaban J connectivity index is 1.54. The summed E-state index contributed by atoms with van der Waals surface area (Å²) in [7, 11) is 0. The second kappa shape index (κ2) is 9.09. The number of carbonyl (C=O) groups excluding carboxylic acids is 1. The van der Waals surface area contributed by atoms with E-state index in [1.807, 2.05) is 0 Å². The van der Waals surface area contributed by atoms with Gasteiger partial charge in [0, 0.05) is 30.7 Å². The smallest absolute Gasteiger partial charge is 0.225 e. The number of halogens is 3. The van der Waals surface area contributed by atoms with Gasteiger partial charge in [-0.3, -0.25) is 9.36 Å². The van der Waals surface area contributed by atoms with Crippen molar-refractivity contribution in [3.8, 4) is 0 Å². The molecule has 0 bridgehead atoms. The first kappa shape index (κ1) is 22.4. The van der Waals surface area contributed by atoms with Gasteiger partial charge in [0.25, 0.3) is 0 Å². The zero-order valence-corrected chi connectivity index (χ0v) is 18.2. The molecule has 4 N–H and O–H groups in total. The van der Waals surface area contributed by atoms with Gasteiger partial charge in [-0.2, -0.15) is 4.98 Å². The lowest BCUT2D eigenvalue weighted by Gasteiger charge is -2.29. The van der Waals surface area contributed by atoms with E-state index in [-0.39, 0.29) is 29.9 Å². The molecule has 1 unspecified atom stereocenters. The monoisotopic (exact) mass is 475 g/mol. The van der Waals surface area contributed by atoms with E-state index in [2.05, 4.69) is 25.6 Å². The molecule has 1 saturated carbocycles. The van der Waals surface area contributed by atoms with E-state index in [1.54, 1.807) is 4.57 Å². The Morgan fingerprint density at radius 1 is 1.09 bits per heavy atom. The van der Waals surface area contributed by atoms with Gasteiger partial charge in [-0.05, 0) is 32.1 Å². The van der Waals surface area contributed by atoms with Crippen molar-refractivity contribution < 1.29 is 22.7 Å². The van der Waals surface area contributed by atoms with E-state index in [0.717, 1.165) is 6.42 Å². The summed E-state index contributed by atoms with van der Waals surface area (Å²) in [5, 5.41) is 5.92. The van der Waals surface area contributed by atoms with Gasteiger partial charge in [-0.1, -0.05) is 0 Å². The first-order valence-electron chi connectivity index (χ1n) is 11.2. The molecule has 0 spiro atoms. The van der Waals surface area contributed by atoms with Crippen LogP contribution >= 0.6 is 0 Å². The molecule has 5 rings (SSSR count). The van der Waals surface area contributed by atoms with E-state index in [9.17, 15) is 18.0 Å². The van der Waals surface area contributed by atoms with Crippen molar-refractivity contribution in [3.63, 3.8) is 0 Å². The predicted molar refractivity (Wildman–Crippen MR) is 118 cm³/mol. The van der Waals surface area contributed by atoms with Gasteiger partial charge in [-0.25, -0.2) is 23.1 Å². The van der Waals surface area contributed by atoms with Crippen LogP contribution in [-0.4, -0.2) is 44.7 Å². The number of carbonyl (C=O) groups is 1. The number of amides is 1. The zero-order valence-electron chi connectivity index (χ0n) is 18.2. The highest BCUT2D eigenvalue weighted by atomic mass is 19.1. The number of rotatable bonds is 6. The third-order valence-electron chi connectivity index (χ3n) is 6.40. The fourth-order valence-electron chi connectivity index (χ4n) is 4.62. The minimum Gasteiger partial charge on any atom is -0.379 e. The Kier molecular flexibility index (Phi) is 5.98. The maximum absolute atomic E-state index is 14.4. The van der Waals surface area contributed by atoms with Crippen molar-refractivity contribution in [2.45, 2.75) is 44.2 Å². The van der Waals surface area contributed by atoms with Crippen LogP contribution in [0, 0.1) is 23.4 Å². The van der Waals surface area contributed by atoms with E-state index >= 15 is 0 Å². The van der Waals surface area contributed by atoms with Crippen LogP contribution in [-0.2, 0) is 9.53 Å². The zero-order chi connectivity index (χ0) is 23.8. The van der Waals surface area contributed by atoms with Gasteiger partial charge in [0.15, 0.2) is 17.3 Å². The number of imidazole rings is 1. The van der Waals surface area contributed by atoms with Crippen LogP contribution in [0.3, 0.4) is 0 Å². The van der Waals surface area contributed by atoms with Crippen molar-refractivity contribution in [1.82, 2.24) is 19.5 Å². The fourth-order valence-corrected chi connectivity index (χ4v) is 4.62. The van der Waals surface area contributed by atoms with Crippen molar-refractivity contribution in [1.29, 1.82) is 0 Å². The highest BCUT2D eigenvalue weighted by Crippen LogP contribution is 2.37. The predicted octanol–water partition coefficient (Wildman–Crippen LogP) is 3.40. The number of ether oxygens (including phenoxy) is 1. The van der Waals surface area contributed by atoms with Gasteiger partial charge in [0.1, 0.15) is 17.0 Å². The van der Waals surface area contributed by atoms with Gasteiger partial charge in [0.2, 0.25) is 17.8 Å². The summed E-state index contributed by atoms with van der Waals surface area (Å²) in [5.41, 5.74) is 5.86. The fraction of sp³-hybridized carbons (Fsp3) is 0.455. The number of anilines is 3. The Morgan fingerprint density at radius 3 is 2.47 bits per heavy atom. The summed E-state index contributed by atoms with van der Waals surface area (Å²) in [4.78, 5) is 25.0. The molecule has 0 radical (unpaired) electrons. The topological polar surface area (TPSA) is 120 Å². The summed E-state index contributed by atoms with van der Waals surface area (Å²) < 4.78 is 49.3. The largest absolute Gasteiger partial charge is 0.379 e. The van der Waals surface area contributed by atoms with E-state index in [1.165, 1.54) is 6.20 Å². The molecule has 1 amide bonds. The molecule has 12 heteroatoms. The van der Waals surface area contributed by atoms with Crippen molar-refractivity contribution in [2.24, 2.45) is 11.7 Å². The minimum absolute atomic E-state index is 0.0832. The molecular weight excluding hydrogens is 451 g/mol. The van der Waals surface area contributed by atoms with Crippen LogP contribution < -0.4 is 16.4 Å². The molecule has 1 aromatic carbocycles. The summed E-state index contributed by atoms with van der Waals surface area (Å²) >= 11 is 0. The van der Waals surface area contributed by atoms with Gasteiger partial charge >= 0.3 is 0 Å². The number of benzene rings is 1. The quantitative estimate of drug-likeness (QED) is 0.500. The van der Waals surface area contributed by atoms with E-state index < -0.39 is 23.1 Å². The highest BCUT2D eigenvalue weighted by Gasteiger charge is 2.30. The molecule has 34 heavy (non-hydrogen) atoms. The number of nitrogens with zero attached hydrogens (tertiary/aromatic N) is 4. The van der Waals surface area contributed by atoms with Crippen LogP contribution in [0.1, 0.15) is 38.1 Å². The molecule has 2 aliphatic rings. The number of hydrogen-bond acceptors (Lipinski definition) is 7. The van der Waals surface area contributed by atoms with Gasteiger partial charge in [-0.15, -0.1) is 0 Å². The van der Waals surface area contributed by atoms with Crippen molar-refractivity contribution in [3.05, 3.63) is 35.8 Å². The third kappa shape index (κ3) is 4.37. The molecule has 2 aromatic heterocycles. The molecule has 3 aromatic rings. The molecule has 9 nitrogen and oxygen atoms in total. The first-order valence-corrected chi connectivity index (χ1v) is 11.2. The lowest BCUT2D eigenvalue weighted by molar-refractivity contribution is -0.122. The molecule has 2 fully saturated rings.